The standard InChI is InChI=1S/C10H12BrClN2O3S/c11-7-1-2-9(8(12)5-7)18(15,16)14-3-4-17-6-10(14)13/h1-2,5,10H,3-4,6,13H2. The van der Waals surface area contributed by atoms with Gasteiger partial charge in [-0.3, -0.25) is 0 Å². The fraction of sp³-hybridized carbons (Fsp3) is 0.400. The van der Waals surface area contributed by atoms with Gasteiger partial charge in [0.25, 0.3) is 0 Å². The highest BCUT2D eigenvalue weighted by molar-refractivity contribution is 9.10. The lowest BCUT2D eigenvalue weighted by Gasteiger charge is -2.32. The first-order valence-electron chi connectivity index (χ1n) is 5.23. The van der Waals surface area contributed by atoms with Gasteiger partial charge in [-0.15, -0.1) is 0 Å². The Bertz CT molecular complexity index is 552. The molecule has 0 bridgehead atoms. The van der Waals surface area contributed by atoms with Crippen molar-refractivity contribution in [1.82, 2.24) is 4.31 Å². The number of hydrogen-bond acceptors (Lipinski definition) is 4. The molecule has 0 spiro atoms. The van der Waals surface area contributed by atoms with E-state index in [1.807, 2.05) is 0 Å². The molecule has 18 heavy (non-hydrogen) atoms. The highest BCUT2D eigenvalue weighted by Crippen LogP contribution is 2.28. The number of sulfonamides is 1. The molecule has 1 unspecified atom stereocenters. The smallest absolute Gasteiger partial charge is 0.246 e. The van der Waals surface area contributed by atoms with E-state index in [0.717, 1.165) is 4.47 Å². The average Bonchev–Trinajstić information content (AvgIpc) is 2.28. The van der Waals surface area contributed by atoms with Gasteiger partial charge in [-0.1, -0.05) is 27.5 Å². The molecule has 100 valence electrons. The van der Waals surface area contributed by atoms with Crippen LogP contribution < -0.4 is 5.73 Å². The van der Waals surface area contributed by atoms with Gasteiger partial charge < -0.3 is 10.5 Å². The first-order valence-corrected chi connectivity index (χ1v) is 7.84. The molecule has 1 aliphatic rings. The van der Waals surface area contributed by atoms with Crippen molar-refractivity contribution >= 4 is 37.6 Å². The van der Waals surface area contributed by atoms with Crippen LogP contribution >= 0.6 is 27.5 Å². The Labute approximate surface area is 119 Å². The first kappa shape index (κ1) is 14.2. The molecule has 1 aromatic rings. The van der Waals surface area contributed by atoms with E-state index in [4.69, 9.17) is 22.1 Å². The molecule has 8 heteroatoms. The van der Waals surface area contributed by atoms with Gasteiger partial charge in [0.15, 0.2) is 0 Å². The summed E-state index contributed by atoms with van der Waals surface area (Å²) in [6, 6.07) is 4.63. The number of rotatable bonds is 2. The number of hydrogen-bond donors (Lipinski definition) is 1. The first-order chi connectivity index (χ1) is 8.43. The lowest BCUT2D eigenvalue weighted by Crippen LogP contribution is -2.53. The number of halogens is 2. The third-order valence-electron chi connectivity index (χ3n) is 2.60. The van der Waals surface area contributed by atoms with Gasteiger partial charge in [-0.05, 0) is 18.2 Å². The van der Waals surface area contributed by atoms with E-state index in [2.05, 4.69) is 15.9 Å². The third-order valence-corrected chi connectivity index (χ3v) is 5.50. The molecule has 2 rings (SSSR count). The molecule has 0 aliphatic carbocycles. The van der Waals surface area contributed by atoms with Crippen LogP contribution in [0.15, 0.2) is 27.6 Å². The van der Waals surface area contributed by atoms with Crippen molar-refractivity contribution in [2.45, 2.75) is 11.1 Å². The molecule has 1 aromatic carbocycles. The Balaban J connectivity index is 2.41. The summed E-state index contributed by atoms with van der Waals surface area (Å²) < 4.78 is 31.9. The van der Waals surface area contributed by atoms with Crippen LogP contribution in [0.4, 0.5) is 0 Å². The highest BCUT2D eigenvalue weighted by Gasteiger charge is 2.33. The second-order valence-electron chi connectivity index (χ2n) is 3.83. The van der Waals surface area contributed by atoms with Crippen molar-refractivity contribution < 1.29 is 13.2 Å². The minimum atomic E-state index is -3.68. The van der Waals surface area contributed by atoms with E-state index >= 15 is 0 Å². The summed E-state index contributed by atoms with van der Waals surface area (Å²) in [6.45, 7) is 0.754. The van der Waals surface area contributed by atoms with Crippen molar-refractivity contribution in [3.63, 3.8) is 0 Å². The SMILES string of the molecule is NC1COCCN1S(=O)(=O)c1ccc(Br)cc1Cl. The maximum absolute atomic E-state index is 12.4. The van der Waals surface area contributed by atoms with Gasteiger partial charge in [0.2, 0.25) is 10.0 Å². The lowest BCUT2D eigenvalue weighted by atomic mass is 10.4. The maximum Gasteiger partial charge on any atom is 0.246 e. The number of ether oxygens (including phenoxy) is 1. The van der Waals surface area contributed by atoms with Gasteiger partial charge >= 0.3 is 0 Å². The van der Waals surface area contributed by atoms with E-state index in [1.54, 1.807) is 12.1 Å². The zero-order chi connectivity index (χ0) is 13.3. The fourth-order valence-corrected chi connectivity index (χ4v) is 4.21. The summed E-state index contributed by atoms with van der Waals surface area (Å²) in [6.07, 6.45) is -0.677. The summed E-state index contributed by atoms with van der Waals surface area (Å²) in [5.41, 5.74) is 5.75. The van der Waals surface area contributed by atoms with Gasteiger partial charge in [0.1, 0.15) is 4.90 Å². The molecular weight excluding hydrogens is 344 g/mol. The molecule has 5 nitrogen and oxygen atoms in total. The van der Waals surface area contributed by atoms with E-state index in [9.17, 15) is 8.42 Å². The number of morpholine rings is 1. The fourth-order valence-electron chi connectivity index (χ4n) is 1.72. The Morgan fingerprint density at radius 1 is 1.50 bits per heavy atom. The Morgan fingerprint density at radius 3 is 2.83 bits per heavy atom. The van der Waals surface area contributed by atoms with Crippen LogP contribution in [0.1, 0.15) is 0 Å². The van der Waals surface area contributed by atoms with Crippen molar-refractivity contribution in [1.29, 1.82) is 0 Å². The molecule has 2 N–H and O–H groups in total. The number of nitrogens with zero attached hydrogens (tertiary/aromatic N) is 1. The monoisotopic (exact) mass is 354 g/mol. The van der Waals surface area contributed by atoms with Gasteiger partial charge in [-0.25, -0.2) is 8.42 Å². The van der Waals surface area contributed by atoms with Crippen LogP contribution in [0.3, 0.4) is 0 Å². The quantitative estimate of drug-likeness (QED) is 0.870. The lowest BCUT2D eigenvalue weighted by molar-refractivity contribution is 0.0350. The van der Waals surface area contributed by atoms with Crippen LogP contribution in [0.5, 0.6) is 0 Å². The van der Waals surface area contributed by atoms with Crippen molar-refractivity contribution in [2.24, 2.45) is 5.73 Å². The zero-order valence-corrected chi connectivity index (χ0v) is 12.5. The minimum Gasteiger partial charge on any atom is -0.377 e. The second-order valence-corrected chi connectivity index (χ2v) is 7.01. The number of benzene rings is 1. The van der Waals surface area contributed by atoms with Crippen molar-refractivity contribution in [3.8, 4) is 0 Å². The molecule has 0 amide bonds. The molecule has 0 saturated carbocycles. The van der Waals surface area contributed by atoms with Gasteiger partial charge in [0, 0.05) is 11.0 Å². The zero-order valence-electron chi connectivity index (χ0n) is 9.34. The van der Waals surface area contributed by atoms with E-state index in [1.165, 1.54) is 10.4 Å². The topological polar surface area (TPSA) is 72.6 Å². The molecular formula is C10H12BrClN2O3S. The molecule has 1 atom stereocenters. The Hall–Kier alpha value is -0.180. The van der Waals surface area contributed by atoms with Gasteiger partial charge in [-0.2, -0.15) is 4.31 Å². The molecule has 1 fully saturated rings. The van der Waals surface area contributed by atoms with Crippen molar-refractivity contribution in [3.05, 3.63) is 27.7 Å². The second kappa shape index (κ2) is 5.44. The van der Waals surface area contributed by atoms with Gasteiger partial charge in [0.05, 0.1) is 24.4 Å². The summed E-state index contributed by atoms with van der Waals surface area (Å²) in [5, 5.41) is 0.170. The van der Waals surface area contributed by atoms with Crippen LogP contribution in [-0.4, -0.2) is 38.6 Å². The predicted molar refractivity (Wildman–Crippen MR) is 71.8 cm³/mol. The van der Waals surface area contributed by atoms with Crippen LogP contribution in [0, 0.1) is 0 Å². The third kappa shape index (κ3) is 2.71. The summed E-state index contributed by atoms with van der Waals surface area (Å²) in [5.74, 6) is 0. The highest BCUT2D eigenvalue weighted by atomic mass is 79.9. The Kier molecular flexibility index (Phi) is 4.30. The van der Waals surface area contributed by atoms with E-state index < -0.39 is 16.2 Å². The predicted octanol–water partition coefficient (Wildman–Crippen LogP) is 1.41. The average molecular weight is 356 g/mol. The van der Waals surface area contributed by atoms with E-state index in [-0.39, 0.29) is 23.1 Å². The van der Waals surface area contributed by atoms with E-state index in [0.29, 0.717) is 6.61 Å². The molecule has 1 saturated heterocycles. The summed E-state index contributed by atoms with van der Waals surface area (Å²) >= 11 is 9.21. The maximum atomic E-state index is 12.4. The summed E-state index contributed by atoms with van der Waals surface area (Å²) in [4.78, 5) is 0.0599. The van der Waals surface area contributed by atoms with Crippen LogP contribution in [0.25, 0.3) is 0 Å². The molecule has 0 radical (unpaired) electrons. The van der Waals surface area contributed by atoms with Crippen LogP contribution in [-0.2, 0) is 14.8 Å². The Morgan fingerprint density at radius 2 is 2.22 bits per heavy atom. The minimum absolute atomic E-state index is 0.0599. The van der Waals surface area contributed by atoms with Crippen molar-refractivity contribution in [2.75, 3.05) is 19.8 Å². The normalized spacial score (nSPS) is 22.1. The summed E-state index contributed by atoms with van der Waals surface area (Å²) in [7, 11) is -3.68. The molecule has 0 aromatic heterocycles. The molecule has 1 heterocycles. The van der Waals surface area contributed by atoms with Crippen LogP contribution in [0.2, 0.25) is 5.02 Å². The largest absolute Gasteiger partial charge is 0.377 e. The molecule has 1 aliphatic heterocycles. The number of nitrogens with two attached hydrogens (primary N) is 1.